The molecule has 2 aromatic rings. The first kappa shape index (κ1) is 12.2. The molecule has 18 heavy (non-hydrogen) atoms. The number of pyridine rings is 1. The van der Waals surface area contributed by atoms with Gasteiger partial charge in [0.15, 0.2) is 0 Å². The highest BCUT2D eigenvalue weighted by Gasteiger charge is 2.10. The molecule has 0 atom stereocenters. The van der Waals surface area contributed by atoms with Crippen molar-refractivity contribution in [2.75, 3.05) is 14.2 Å². The summed E-state index contributed by atoms with van der Waals surface area (Å²) in [6.45, 7) is 1.95. The number of aromatic nitrogens is 1. The first-order valence-corrected chi connectivity index (χ1v) is 5.58. The predicted molar refractivity (Wildman–Crippen MR) is 68.9 cm³/mol. The number of hydrogen-bond donors (Lipinski definition) is 0. The topological polar surface area (TPSA) is 55.1 Å². The Balaban J connectivity index is 2.72. The first-order chi connectivity index (χ1) is 8.69. The average molecular weight is 242 g/mol. The van der Waals surface area contributed by atoms with Gasteiger partial charge in [-0.3, -0.25) is 0 Å². The Morgan fingerprint density at radius 1 is 1.22 bits per heavy atom. The number of aryl methyl sites for hydroxylation is 1. The third-order valence-corrected chi connectivity index (χ3v) is 2.85. The predicted octanol–water partition coefficient (Wildman–Crippen LogP) is 2.63. The number of benzene rings is 1. The van der Waals surface area contributed by atoms with Crippen molar-refractivity contribution in [2.45, 2.75) is 13.3 Å². The van der Waals surface area contributed by atoms with Crippen molar-refractivity contribution in [3.63, 3.8) is 0 Å². The van der Waals surface area contributed by atoms with Gasteiger partial charge in [-0.15, -0.1) is 0 Å². The Morgan fingerprint density at radius 2 is 2.00 bits per heavy atom. The molecule has 0 amide bonds. The number of hydrogen-bond acceptors (Lipinski definition) is 4. The van der Waals surface area contributed by atoms with Gasteiger partial charge in [-0.05, 0) is 24.6 Å². The van der Waals surface area contributed by atoms with Gasteiger partial charge in [0.25, 0.3) is 0 Å². The Hall–Kier alpha value is -2.28. The molecule has 0 fully saturated rings. The van der Waals surface area contributed by atoms with E-state index in [4.69, 9.17) is 14.7 Å². The molecule has 1 heterocycles. The van der Waals surface area contributed by atoms with Crippen LogP contribution in [0.2, 0.25) is 0 Å². The monoisotopic (exact) mass is 242 g/mol. The molecule has 2 rings (SSSR count). The van der Waals surface area contributed by atoms with Crippen molar-refractivity contribution in [3.05, 3.63) is 29.5 Å². The minimum absolute atomic E-state index is 0.303. The van der Waals surface area contributed by atoms with Gasteiger partial charge >= 0.3 is 0 Å². The lowest BCUT2D eigenvalue weighted by Gasteiger charge is -2.10. The van der Waals surface area contributed by atoms with Crippen molar-refractivity contribution in [1.82, 2.24) is 4.98 Å². The summed E-state index contributed by atoms with van der Waals surface area (Å²) in [6, 6.07) is 7.82. The molecule has 0 N–H and O–H groups in total. The van der Waals surface area contributed by atoms with Crippen molar-refractivity contribution in [1.29, 1.82) is 5.26 Å². The average Bonchev–Trinajstić information content (AvgIpc) is 2.38. The minimum atomic E-state index is 0.303. The normalized spacial score (nSPS) is 10.1. The second-order valence-corrected chi connectivity index (χ2v) is 3.99. The van der Waals surface area contributed by atoms with Crippen LogP contribution in [0, 0.1) is 18.3 Å². The maximum absolute atomic E-state index is 8.78. The SMILES string of the molecule is COc1cc(OC)c2nc(CC#N)c(C)cc2c1. The molecular weight excluding hydrogens is 228 g/mol. The third kappa shape index (κ3) is 2.07. The van der Waals surface area contributed by atoms with Crippen LogP contribution in [0.4, 0.5) is 0 Å². The molecule has 0 aliphatic carbocycles. The largest absolute Gasteiger partial charge is 0.497 e. The van der Waals surface area contributed by atoms with Crippen LogP contribution in [0.3, 0.4) is 0 Å². The summed E-state index contributed by atoms with van der Waals surface area (Å²) in [4.78, 5) is 4.51. The minimum Gasteiger partial charge on any atom is -0.497 e. The fourth-order valence-corrected chi connectivity index (χ4v) is 1.90. The molecule has 92 valence electrons. The van der Waals surface area contributed by atoms with Crippen LogP contribution in [0.15, 0.2) is 18.2 Å². The molecule has 1 aromatic heterocycles. The molecule has 0 aliphatic rings. The van der Waals surface area contributed by atoms with Crippen LogP contribution in [0.1, 0.15) is 11.3 Å². The molecule has 0 unspecified atom stereocenters. The maximum Gasteiger partial charge on any atom is 0.148 e. The fraction of sp³-hybridized carbons (Fsp3) is 0.286. The molecule has 0 spiro atoms. The third-order valence-electron chi connectivity index (χ3n) is 2.85. The number of methoxy groups -OCH3 is 2. The number of nitrogens with zero attached hydrogens (tertiary/aromatic N) is 2. The van der Waals surface area contributed by atoms with Gasteiger partial charge in [-0.1, -0.05) is 0 Å². The van der Waals surface area contributed by atoms with Gasteiger partial charge in [-0.2, -0.15) is 5.26 Å². The van der Waals surface area contributed by atoms with E-state index in [0.717, 1.165) is 27.9 Å². The lowest BCUT2D eigenvalue weighted by molar-refractivity contribution is 0.397. The Morgan fingerprint density at radius 3 is 2.61 bits per heavy atom. The summed E-state index contributed by atoms with van der Waals surface area (Å²) < 4.78 is 10.5. The first-order valence-electron chi connectivity index (χ1n) is 5.58. The van der Waals surface area contributed by atoms with E-state index in [2.05, 4.69) is 11.1 Å². The Labute approximate surface area is 106 Å². The van der Waals surface area contributed by atoms with Crippen LogP contribution in [-0.4, -0.2) is 19.2 Å². The van der Waals surface area contributed by atoms with Gasteiger partial charge in [0.2, 0.25) is 0 Å². The van der Waals surface area contributed by atoms with Crippen molar-refractivity contribution in [2.24, 2.45) is 0 Å². The van der Waals surface area contributed by atoms with Crippen LogP contribution < -0.4 is 9.47 Å². The van der Waals surface area contributed by atoms with Crippen molar-refractivity contribution < 1.29 is 9.47 Å². The summed E-state index contributed by atoms with van der Waals surface area (Å²) in [5.74, 6) is 1.39. The van der Waals surface area contributed by atoms with E-state index < -0.39 is 0 Å². The lowest BCUT2D eigenvalue weighted by atomic mass is 10.1. The van der Waals surface area contributed by atoms with Crippen LogP contribution in [-0.2, 0) is 6.42 Å². The van der Waals surface area contributed by atoms with Crippen LogP contribution in [0.25, 0.3) is 10.9 Å². The lowest BCUT2D eigenvalue weighted by Crippen LogP contribution is -1.97. The van der Waals surface area contributed by atoms with Gasteiger partial charge in [0.05, 0.1) is 32.4 Å². The molecule has 4 nitrogen and oxygen atoms in total. The van der Waals surface area contributed by atoms with Crippen LogP contribution >= 0.6 is 0 Å². The molecule has 0 bridgehead atoms. The summed E-state index contributed by atoms with van der Waals surface area (Å²) in [5.41, 5.74) is 2.54. The standard InChI is InChI=1S/C14H14N2O2/c1-9-6-10-7-11(17-2)8-13(18-3)14(10)16-12(9)4-5-15/h6-8H,4H2,1-3H3. The van der Waals surface area contributed by atoms with E-state index in [1.54, 1.807) is 20.3 Å². The molecule has 0 saturated carbocycles. The van der Waals surface area contributed by atoms with E-state index in [1.807, 2.05) is 19.1 Å². The molecule has 0 aliphatic heterocycles. The maximum atomic E-state index is 8.78. The van der Waals surface area contributed by atoms with Gasteiger partial charge < -0.3 is 9.47 Å². The summed E-state index contributed by atoms with van der Waals surface area (Å²) in [5, 5.41) is 9.73. The molecule has 0 radical (unpaired) electrons. The summed E-state index contributed by atoms with van der Waals surface area (Å²) in [6.07, 6.45) is 0.303. The van der Waals surface area contributed by atoms with E-state index in [0.29, 0.717) is 12.2 Å². The highest BCUT2D eigenvalue weighted by Crippen LogP contribution is 2.30. The van der Waals surface area contributed by atoms with E-state index in [1.165, 1.54) is 0 Å². The number of nitriles is 1. The van der Waals surface area contributed by atoms with Crippen molar-refractivity contribution in [3.8, 4) is 17.6 Å². The highest BCUT2D eigenvalue weighted by atomic mass is 16.5. The van der Waals surface area contributed by atoms with Gasteiger partial charge in [0.1, 0.15) is 17.0 Å². The summed E-state index contributed by atoms with van der Waals surface area (Å²) in [7, 11) is 3.21. The second-order valence-electron chi connectivity index (χ2n) is 3.99. The zero-order valence-corrected chi connectivity index (χ0v) is 10.7. The van der Waals surface area contributed by atoms with Crippen molar-refractivity contribution >= 4 is 10.9 Å². The summed E-state index contributed by atoms with van der Waals surface area (Å²) >= 11 is 0. The Kier molecular flexibility index (Phi) is 3.33. The number of ether oxygens (including phenoxy) is 2. The Bertz CT molecular complexity index is 630. The molecular formula is C14H14N2O2. The van der Waals surface area contributed by atoms with Gasteiger partial charge in [0, 0.05) is 11.5 Å². The highest BCUT2D eigenvalue weighted by molar-refractivity contribution is 5.87. The quantitative estimate of drug-likeness (QED) is 0.830. The zero-order valence-electron chi connectivity index (χ0n) is 10.7. The molecule has 1 aromatic carbocycles. The van der Waals surface area contributed by atoms with Gasteiger partial charge in [-0.25, -0.2) is 4.98 Å². The second kappa shape index (κ2) is 4.92. The zero-order chi connectivity index (χ0) is 13.1. The van der Waals surface area contributed by atoms with E-state index in [-0.39, 0.29) is 0 Å². The van der Waals surface area contributed by atoms with E-state index in [9.17, 15) is 0 Å². The van der Waals surface area contributed by atoms with Crippen LogP contribution in [0.5, 0.6) is 11.5 Å². The smallest absolute Gasteiger partial charge is 0.148 e. The number of rotatable bonds is 3. The molecule has 4 heteroatoms. The fourth-order valence-electron chi connectivity index (χ4n) is 1.90. The molecule has 0 saturated heterocycles. The van der Waals surface area contributed by atoms with E-state index >= 15 is 0 Å². The number of fused-ring (bicyclic) bond motifs is 1.